The summed E-state index contributed by atoms with van der Waals surface area (Å²) in [5.74, 6) is -1.83. The summed E-state index contributed by atoms with van der Waals surface area (Å²) in [4.78, 5) is 35.7. The molecule has 1 aliphatic carbocycles. The van der Waals surface area contributed by atoms with Crippen molar-refractivity contribution >= 4 is 17.8 Å². The molecular weight excluding hydrogens is 308 g/mol. The van der Waals surface area contributed by atoms with Gasteiger partial charge in [-0.3, -0.25) is 9.59 Å². The first-order valence-corrected chi connectivity index (χ1v) is 8.24. The molecule has 0 spiro atoms. The second kappa shape index (κ2) is 7.47. The van der Waals surface area contributed by atoms with Gasteiger partial charge in [0.1, 0.15) is 5.54 Å². The maximum atomic E-state index is 12.1. The summed E-state index contributed by atoms with van der Waals surface area (Å²) in [6, 6.07) is 5.32. The van der Waals surface area contributed by atoms with Gasteiger partial charge < -0.3 is 15.7 Å². The van der Waals surface area contributed by atoms with Gasteiger partial charge in [-0.1, -0.05) is 25.3 Å². The summed E-state index contributed by atoms with van der Waals surface area (Å²) < 4.78 is 0. The predicted octanol–water partition coefficient (Wildman–Crippen LogP) is 1.94. The minimum atomic E-state index is -1.19. The maximum Gasteiger partial charge on any atom is 0.329 e. The van der Waals surface area contributed by atoms with Gasteiger partial charge in [-0.2, -0.15) is 0 Å². The predicted molar refractivity (Wildman–Crippen MR) is 89.8 cm³/mol. The molecule has 1 saturated carbocycles. The molecule has 0 aliphatic heterocycles. The molecule has 0 bridgehead atoms. The van der Waals surface area contributed by atoms with Crippen molar-refractivity contribution in [2.45, 2.75) is 51.5 Å². The Morgan fingerprint density at radius 2 is 1.75 bits per heavy atom. The molecule has 6 nitrogen and oxygen atoms in total. The second-order valence-corrected chi connectivity index (χ2v) is 6.48. The standard InChI is InChI=1S/C18H24N2O4/c1-12-6-7-14(10-13(12)2)16(22)19-11-15(21)20-18(17(23)24)8-4-3-5-9-18/h6-7,10H,3-5,8-9,11H2,1-2H3,(H,19,22)(H,20,21)(H,23,24). The van der Waals surface area contributed by atoms with E-state index >= 15 is 0 Å². The van der Waals surface area contributed by atoms with E-state index in [9.17, 15) is 19.5 Å². The van der Waals surface area contributed by atoms with E-state index in [1.807, 2.05) is 19.9 Å². The molecule has 1 aromatic carbocycles. The second-order valence-electron chi connectivity index (χ2n) is 6.48. The number of aliphatic carboxylic acids is 1. The minimum Gasteiger partial charge on any atom is -0.480 e. The Labute approximate surface area is 141 Å². The molecule has 1 aliphatic rings. The molecule has 130 valence electrons. The largest absolute Gasteiger partial charge is 0.480 e. The molecule has 0 radical (unpaired) electrons. The zero-order valence-electron chi connectivity index (χ0n) is 14.1. The fourth-order valence-corrected chi connectivity index (χ4v) is 3.00. The summed E-state index contributed by atoms with van der Waals surface area (Å²) in [6.45, 7) is 3.64. The molecule has 1 aromatic rings. The van der Waals surface area contributed by atoms with Crippen LogP contribution in [0.5, 0.6) is 0 Å². The molecule has 1 fully saturated rings. The molecule has 3 N–H and O–H groups in total. The molecule has 0 aromatic heterocycles. The van der Waals surface area contributed by atoms with Crippen LogP contribution in [-0.4, -0.2) is 35.0 Å². The average molecular weight is 332 g/mol. The zero-order valence-corrected chi connectivity index (χ0v) is 14.1. The number of carboxylic acids is 1. The summed E-state index contributed by atoms with van der Waals surface area (Å²) in [6.07, 6.45) is 3.40. The lowest BCUT2D eigenvalue weighted by molar-refractivity contribution is -0.149. The number of aryl methyl sites for hydroxylation is 2. The molecule has 0 unspecified atom stereocenters. The van der Waals surface area contributed by atoms with Crippen LogP contribution in [-0.2, 0) is 9.59 Å². The number of amides is 2. The Balaban J connectivity index is 1.93. The van der Waals surface area contributed by atoms with Crippen molar-refractivity contribution in [2.24, 2.45) is 0 Å². The van der Waals surface area contributed by atoms with E-state index in [0.29, 0.717) is 18.4 Å². The van der Waals surface area contributed by atoms with E-state index in [1.54, 1.807) is 12.1 Å². The summed E-state index contributed by atoms with van der Waals surface area (Å²) in [5, 5.41) is 14.6. The summed E-state index contributed by atoms with van der Waals surface area (Å²) in [7, 11) is 0. The van der Waals surface area contributed by atoms with Crippen LogP contribution in [0.2, 0.25) is 0 Å². The Morgan fingerprint density at radius 3 is 2.33 bits per heavy atom. The molecular formula is C18H24N2O4. The lowest BCUT2D eigenvalue weighted by Crippen LogP contribution is -2.57. The van der Waals surface area contributed by atoms with Crippen molar-refractivity contribution in [3.63, 3.8) is 0 Å². The van der Waals surface area contributed by atoms with Gasteiger partial charge in [0.05, 0.1) is 6.54 Å². The molecule has 0 atom stereocenters. The highest BCUT2D eigenvalue weighted by Gasteiger charge is 2.40. The number of carboxylic acid groups (broad SMARTS) is 1. The van der Waals surface area contributed by atoms with Gasteiger partial charge in [0.2, 0.25) is 5.91 Å². The lowest BCUT2D eigenvalue weighted by Gasteiger charge is -2.33. The monoisotopic (exact) mass is 332 g/mol. The third kappa shape index (κ3) is 4.13. The number of hydrogen-bond acceptors (Lipinski definition) is 3. The van der Waals surface area contributed by atoms with Crippen molar-refractivity contribution < 1.29 is 19.5 Å². The third-order valence-electron chi connectivity index (χ3n) is 4.67. The Kier molecular flexibility index (Phi) is 5.59. The van der Waals surface area contributed by atoms with Gasteiger partial charge in [0, 0.05) is 5.56 Å². The van der Waals surface area contributed by atoms with Crippen LogP contribution >= 0.6 is 0 Å². The average Bonchev–Trinajstić information content (AvgIpc) is 2.56. The molecule has 2 rings (SSSR count). The van der Waals surface area contributed by atoms with Crippen molar-refractivity contribution in [2.75, 3.05) is 6.54 Å². The van der Waals surface area contributed by atoms with Gasteiger partial charge in [0.25, 0.3) is 5.91 Å². The molecule has 0 heterocycles. The Bertz CT molecular complexity index is 648. The topological polar surface area (TPSA) is 95.5 Å². The summed E-state index contributed by atoms with van der Waals surface area (Å²) >= 11 is 0. The van der Waals surface area contributed by atoms with Gasteiger partial charge in [-0.25, -0.2) is 4.79 Å². The highest BCUT2D eigenvalue weighted by molar-refractivity contribution is 5.97. The van der Waals surface area contributed by atoms with Crippen molar-refractivity contribution in [3.8, 4) is 0 Å². The first-order chi connectivity index (χ1) is 11.3. The fraction of sp³-hybridized carbons (Fsp3) is 0.500. The van der Waals surface area contributed by atoms with Crippen LogP contribution in [0.15, 0.2) is 18.2 Å². The van der Waals surface area contributed by atoms with Gasteiger partial charge in [-0.15, -0.1) is 0 Å². The maximum absolute atomic E-state index is 12.1. The van der Waals surface area contributed by atoms with E-state index in [1.165, 1.54) is 0 Å². The Morgan fingerprint density at radius 1 is 1.08 bits per heavy atom. The first kappa shape index (κ1) is 18.0. The van der Waals surface area contributed by atoms with Crippen LogP contribution in [0.25, 0.3) is 0 Å². The van der Waals surface area contributed by atoms with E-state index in [-0.39, 0.29) is 12.5 Å². The number of carbonyl (C=O) groups excluding carboxylic acids is 2. The van der Waals surface area contributed by atoms with Crippen LogP contribution in [0, 0.1) is 13.8 Å². The zero-order chi connectivity index (χ0) is 17.7. The first-order valence-electron chi connectivity index (χ1n) is 8.24. The Hall–Kier alpha value is -2.37. The van der Waals surface area contributed by atoms with Crippen LogP contribution < -0.4 is 10.6 Å². The van der Waals surface area contributed by atoms with E-state index in [4.69, 9.17) is 0 Å². The SMILES string of the molecule is Cc1ccc(C(=O)NCC(=O)NC2(C(=O)O)CCCCC2)cc1C. The fourth-order valence-electron chi connectivity index (χ4n) is 3.00. The van der Waals surface area contributed by atoms with Crippen molar-refractivity contribution in [3.05, 3.63) is 34.9 Å². The highest BCUT2D eigenvalue weighted by Crippen LogP contribution is 2.28. The number of benzene rings is 1. The normalized spacial score (nSPS) is 16.2. The van der Waals surface area contributed by atoms with Crippen LogP contribution in [0.3, 0.4) is 0 Å². The smallest absolute Gasteiger partial charge is 0.329 e. The number of rotatable bonds is 5. The number of nitrogens with one attached hydrogen (secondary N) is 2. The lowest BCUT2D eigenvalue weighted by atomic mass is 9.81. The van der Waals surface area contributed by atoms with Gasteiger partial charge >= 0.3 is 5.97 Å². The van der Waals surface area contributed by atoms with Crippen molar-refractivity contribution in [1.82, 2.24) is 10.6 Å². The molecule has 24 heavy (non-hydrogen) atoms. The third-order valence-corrected chi connectivity index (χ3v) is 4.67. The number of carbonyl (C=O) groups is 3. The minimum absolute atomic E-state index is 0.235. The van der Waals surface area contributed by atoms with Gasteiger partial charge in [-0.05, 0) is 49.9 Å². The highest BCUT2D eigenvalue weighted by atomic mass is 16.4. The van der Waals surface area contributed by atoms with E-state index in [2.05, 4.69) is 10.6 Å². The molecule has 6 heteroatoms. The molecule has 2 amide bonds. The van der Waals surface area contributed by atoms with E-state index in [0.717, 1.165) is 30.4 Å². The number of hydrogen-bond donors (Lipinski definition) is 3. The van der Waals surface area contributed by atoms with Crippen molar-refractivity contribution in [1.29, 1.82) is 0 Å². The van der Waals surface area contributed by atoms with Gasteiger partial charge in [0.15, 0.2) is 0 Å². The molecule has 0 saturated heterocycles. The van der Waals surface area contributed by atoms with E-state index < -0.39 is 17.4 Å². The quantitative estimate of drug-likeness (QED) is 0.768. The van der Waals surface area contributed by atoms with Crippen LogP contribution in [0.4, 0.5) is 0 Å². The summed E-state index contributed by atoms with van der Waals surface area (Å²) in [5.41, 5.74) is 1.38. The van der Waals surface area contributed by atoms with Crippen LogP contribution in [0.1, 0.15) is 53.6 Å².